The van der Waals surface area contributed by atoms with Crippen LogP contribution in [-0.4, -0.2) is 33.7 Å². The second-order valence-electron chi connectivity index (χ2n) is 6.88. The van der Waals surface area contributed by atoms with Crippen molar-refractivity contribution in [3.05, 3.63) is 59.7 Å². The molecule has 2 aromatic carbocycles. The van der Waals surface area contributed by atoms with Crippen molar-refractivity contribution in [1.29, 1.82) is 0 Å². The molecule has 0 saturated heterocycles. The van der Waals surface area contributed by atoms with Gasteiger partial charge >= 0.3 is 0 Å². The molecule has 1 amide bonds. The monoisotopic (exact) mass is 404 g/mol. The third-order valence-corrected chi connectivity index (χ3v) is 5.78. The second-order valence-corrected chi connectivity index (χ2v) is 8.89. The molecular formula is C21H28N2O4S. The Morgan fingerprint density at radius 2 is 1.68 bits per heavy atom. The van der Waals surface area contributed by atoms with E-state index in [1.54, 1.807) is 24.3 Å². The third kappa shape index (κ3) is 5.73. The maximum Gasteiger partial charge on any atom is 0.261 e. The molecule has 7 heteroatoms. The highest BCUT2D eigenvalue weighted by Crippen LogP contribution is 2.22. The van der Waals surface area contributed by atoms with Crippen molar-refractivity contribution in [3.8, 4) is 5.75 Å². The van der Waals surface area contributed by atoms with Crippen molar-refractivity contribution in [2.24, 2.45) is 0 Å². The van der Waals surface area contributed by atoms with Gasteiger partial charge in [0.1, 0.15) is 5.75 Å². The summed E-state index contributed by atoms with van der Waals surface area (Å²) in [5, 5.41) is 2.98. The van der Waals surface area contributed by atoms with E-state index in [2.05, 4.69) is 5.32 Å². The largest absolute Gasteiger partial charge is 0.481 e. The maximum atomic E-state index is 12.6. The number of benzene rings is 2. The zero-order chi connectivity index (χ0) is 20.9. The zero-order valence-corrected chi connectivity index (χ0v) is 17.8. The Hall–Kier alpha value is -2.54. The van der Waals surface area contributed by atoms with Crippen molar-refractivity contribution in [1.82, 2.24) is 5.32 Å². The number of rotatable bonds is 8. The van der Waals surface area contributed by atoms with E-state index in [4.69, 9.17) is 4.74 Å². The Labute approximate surface area is 167 Å². The first-order valence-electron chi connectivity index (χ1n) is 9.19. The molecule has 6 nitrogen and oxygen atoms in total. The normalized spacial score (nSPS) is 13.5. The second kappa shape index (κ2) is 9.10. The molecule has 2 atom stereocenters. The van der Waals surface area contributed by atoms with Crippen LogP contribution in [0.1, 0.15) is 37.4 Å². The first kappa shape index (κ1) is 21.8. The van der Waals surface area contributed by atoms with Crippen molar-refractivity contribution >= 4 is 21.6 Å². The van der Waals surface area contributed by atoms with Crippen LogP contribution in [0.2, 0.25) is 0 Å². The highest BCUT2D eigenvalue weighted by molar-refractivity contribution is 7.92. The van der Waals surface area contributed by atoms with E-state index < -0.39 is 16.1 Å². The lowest BCUT2D eigenvalue weighted by Crippen LogP contribution is -2.39. The number of carbonyl (C=O) groups excluding carboxylic acids is 1. The molecule has 0 spiro atoms. The SMILES string of the molecule is CC[C@@H](Oc1ccc(N(C)S(C)(=O)=O)cc1)C(=O)N[C@@H](C)c1ccc(C)cc1. The lowest BCUT2D eigenvalue weighted by molar-refractivity contribution is -0.128. The molecule has 0 aliphatic rings. The molecule has 0 heterocycles. The van der Waals surface area contributed by atoms with E-state index in [-0.39, 0.29) is 11.9 Å². The molecule has 0 saturated carbocycles. The molecule has 28 heavy (non-hydrogen) atoms. The van der Waals surface area contributed by atoms with Crippen LogP contribution in [-0.2, 0) is 14.8 Å². The molecular weight excluding hydrogens is 376 g/mol. The Morgan fingerprint density at radius 1 is 1.11 bits per heavy atom. The lowest BCUT2D eigenvalue weighted by atomic mass is 10.1. The van der Waals surface area contributed by atoms with Gasteiger partial charge in [-0.2, -0.15) is 0 Å². The number of amides is 1. The summed E-state index contributed by atoms with van der Waals surface area (Å²) < 4.78 is 30.2. The molecule has 152 valence electrons. The molecule has 0 aliphatic carbocycles. The first-order valence-corrected chi connectivity index (χ1v) is 11.0. The lowest BCUT2D eigenvalue weighted by Gasteiger charge is -2.21. The number of ether oxygens (including phenoxy) is 1. The van der Waals surface area contributed by atoms with Crippen LogP contribution in [0.3, 0.4) is 0 Å². The fourth-order valence-electron chi connectivity index (χ4n) is 2.66. The third-order valence-electron chi connectivity index (χ3n) is 4.58. The van der Waals surface area contributed by atoms with E-state index in [0.717, 1.165) is 11.8 Å². The summed E-state index contributed by atoms with van der Waals surface area (Å²) >= 11 is 0. The molecule has 0 radical (unpaired) electrons. The molecule has 2 aromatic rings. The predicted octanol–water partition coefficient (Wildman–Crippen LogP) is 3.43. The fraction of sp³-hybridized carbons (Fsp3) is 0.381. The van der Waals surface area contributed by atoms with Gasteiger partial charge in [0.05, 0.1) is 18.0 Å². The van der Waals surface area contributed by atoms with Crippen molar-refractivity contribution in [2.45, 2.75) is 39.3 Å². The summed E-state index contributed by atoms with van der Waals surface area (Å²) in [4.78, 5) is 12.6. The van der Waals surface area contributed by atoms with Crippen molar-refractivity contribution in [2.75, 3.05) is 17.6 Å². The quantitative estimate of drug-likeness (QED) is 0.731. The smallest absolute Gasteiger partial charge is 0.261 e. The van der Waals surface area contributed by atoms with Gasteiger partial charge in [-0.15, -0.1) is 0 Å². The standard InChI is InChI=1S/C21H28N2O4S/c1-6-20(21(24)22-16(3)17-9-7-15(2)8-10-17)27-19-13-11-18(12-14-19)23(4)28(5,25)26/h7-14,16,20H,6H2,1-5H3,(H,22,24)/t16-,20+/m0/s1. The minimum absolute atomic E-state index is 0.128. The Bertz CT molecular complexity index is 893. The number of anilines is 1. The number of hydrogen-bond acceptors (Lipinski definition) is 4. The average molecular weight is 405 g/mol. The molecule has 0 bridgehead atoms. The van der Waals surface area contributed by atoms with E-state index in [1.807, 2.05) is 45.0 Å². The van der Waals surface area contributed by atoms with Gasteiger partial charge in [0.15, 0.2) is 6.10 Å². The van der Waals surface area contributed by atoms with Crippen molar-refractivity contribution in [3.63, 3.8) is 0 Å². The Kier molecular flexibility index (Phi) is 7.07. The summed E-state index contributed by atoms with van der Waals surface area (Å²) in [5.74, 6) is 0.323. The minimum atomic E-state index is -3.32. The maximum absolute atomic E-state index is 12.6. The number of carbonyl (C=O) groups is 1. The zero-order valence-electron chi connectivity index (χ0n) is 17.0. The first-order chi connectivity index (χ1) is 13.1. The molecule has 0 aliphatic heterocycles. The molecule has 0 fully saturated rings. The predicted molar refractivity (Wildman–Crippen MR) is 112 cm³/mol. The van der Waals surface area contributed by atoms with Gasteiger partial charge in [0, 0.05) is 7.05 Å². The van der Waals surface area contributed by atoms with Gasteiger partial charge in [0.25, 0.3) is 5.91 Å². The van der Waals surface area contributed by atoms with Crippen LogP contribution in [0.4, 0.5) is 5.69 Å². The summed E-state index contributed by atoms with van der Waals surface area (Å²) in [6.07, 6.45) is 1.02. The molecule has 0 aromatic heterocycles. The van der Waals surface area contributed by atoms with Crippen LogP contribution in [0.25, 0.3) is 0 Å². The summed E-state index contributed by atoms with van der Waals surface area (Å²) in [6.45, 7) is 5.84. The van der Waals surface area contributed by atoms with Crippen LogP contribution < -0.4 is 14.4 Å². The minimum Gasteiger partial charge on any atom is -0.481 e. The Balaban J connectivity index is 2.02. The van der Waals surface area contributed by atoms with E-state index in [0.29, 0.717) is 17.9 Å². The molecule has 0 unspecified atom stereocenters. The summed E-state index contributed by atoms with van der Waals surface area (Å²) in [7, 11) is -1.84. The highest BCUT2D eigenvalue weighted by atomic mass is 32.2. The molecule has 1 N–H and O–H groups in total. The van der Waals surface area contributed by atoms with Gasteiger partial charge < -0.3 is 10.1 Å². The summed E-state index contributed by atoms with van der Waals surface area (Å²) in [5.41, 5.74) is 2.73. The van der Waals surface area contributed by atoms with E-state index in [9.17, 15) is 13.2 Å². The van der Waals surface area contributed by atoms with Gasteiger partial charge in [0.2, 0.25) is 10.0 Å². The highest BCUT2D eigenvalue weighted by Gasteiger charge is 2.21. The summed E-state index contributed by atoms with van der Waals surface area (Å²) in [6, 6.07) is 14.5. The van der Waals surface area contributed by atoms with Crippen LogP contribution in [0.5, 0.6) is 5.75 Å². The number of hydrogen-bond donors (Lipinski definition) is 1. The average Bonchev–Trinajstić information content (AvgIpc) is 2.65. The molecule has 2 rings (SSSR count). The van der Waals surface area contributed by atoms with Gasteiger partial charge in [-0.1, -0.05) is 36.8 Å². The van der Waals surface area contributed by atoms with Crippen LogP contribution in [0.15, 0.2) is 48.5 Å². The van der Waals surface area contributed by atoms with Gasteiger partial charge in [-0.25, -0.2) is 8.42 Å². The van der Waals surface area contributed by atoms with Gasteiger partial charge in [-0.3, -0.25) is 9.10 Å². The topological polar surface area (TPSA) is 75.7 Å². The van der Waals surface area contributed by atoms with E-state index >= 15 is 0 Å². The Morgan fingerprint density at radius 3 is 2.18 bits per heavy atom. The van der Waals surface area contributed by atoms with E-state index in [1.165, 1.54) is 16.9 Å². The number of nitrogens with one attached hydrogen (secondary N) is 1. The fourth-order valence-corrected chi connectivity index (χ4v) is 3.16. The van der Waals surface area contributed by atoms with Crippen molar-refractivity contribution < 1.29 is 17.9 Å². The van der Waals surface area contributed by atoms with Crippen LogP contribution >= 0.6 is 0 Å². The van der Waals surface area contributed by atoms with Gasteiger partial charge in [-0.05, 0) is 50.1 Å². The number of nitrogens with zero attached hydrogens (tertiary/aromatic N) is 1. The number of aryl methyl sites for hydroxylation is 1. The van der Waals surface area contributed by atoms with Crippen LogP contribution in [0, 0.1) is 6.92 Å². The number of sulfonamides is 1.